The largest absolute Gasteiger partial charge is 0.496 e. The van der Waals surface area contributed by atoms with Crippen LogP contribution in [0.1, 0.15) is 81.1 Å². The van der Waals surface area contributed by atoms with Crippen LogP contribution < -0.4 is 20.1 Å². The molecule has 0 aliphatic heterocycles. The molecule has 0 radical (unpaired) electrons. The van der Waals surface area contributed by atoms with Gasteiger partial charge in [-0.3, -0.25) is 14.4 Å². The zero-order valence-corrected chi connectivity index (χ0v) is 22.3. The minimum Gasteiger partial charge on any atom is -0.496 e. The molecule has 3 fully saturated rings. The molecule has 204 valence electrons. The van der Waals surface area contributed by atoms with Gasteiger partial charge in [-0.15, -0.1) is 0 Å². The number of methoxy groups -OCH3 is 1. The summed E-state index contributed by atoms with van der Waals surface area (Å²) in [4.78, 5) is 38.2. The lowest BCUT2D eigenvalue weighted by atomic mass is 9.75. The van der Waals surface area contributed by atoms with Crippen LogP contribution in [0.4, 0.5) is 0 Å². The van der Waals surface area contributed by atoms with E-state index >= 15 is 0 Å². The molecule has 3 aliphatic rings. The number of hydrogen-bond acceptors (Lipinski definition) is 6. The lowest BCUT2D eigenvalue weighted by Crippen LogP contribution is -2.49. The molecule has 0 aromatic heterocycles. The van der Waals surface area contributed by atoms with Gasteiger partial charge in [0.15, 0.2) is 0 Å². The second-order valence-corrected chi connectivity index (χ2v) is 11.1. The first-order valence-corrected chi connectivity index (χ1v) is 13.4. The number of nitriles is 1. The standard InChI is InChI=1S/C29H37N3O6/c1-5-16(2)31-27(34)24-17-6-7-18(12-17)25(24)32-26(33)21-14-22(19(15-30)13-23(21)37-4)38-20-8-10-29(3,11-9-20)28(35)36/h13-14,17-18,20,24-25H,2,5-12H2,1,3-4H3,(H,31,34)(H,32,33)(H,35,36)/t17-,18+,20?,24+,25-,29?/m1/s1. The van der Waals surface area contributed by atoms with Gasteiger partial charge in [-0.2, -0.15) is 5.26 Å². The fourth-order valence-electron chi connectivity index (χ4n) is 6.28. The first kappa shape index (κ1) is 27.5. The van der Waals surface area contributed by atoms with Crippen molar-refractivity contribution < 1.29 is 29.0 Å². The summed E-state index contributed by atoms with van der Waals surface area (Å²) in [6.07, 6.45) is 5.22. The highest BCUT2D eigenvalue weighted by atomic mass is 16.5. The summed E-state index contributed by atoms with van der Waals surface area (Å²) >= 11 is 0. The Kier molecular flexibility index (Phi) is 8.00. The number of aliphatic carboxylic acids is 1. The van der Waals surface area contributed by atoms with Gasteiger partial charge >= 0.3 is 5.97 Å². The van der Waals surface area contributed by atoms with E-state index in [0.717, 1.165) is 19.3 Å². The molecule has 9 heteroatoms. The summed E-state index contributed by atoms with van der Waals surface area (Å²) in [6.45, 7) is 7.56. The van der Waals surface area contributed by atoms with Crippen LogP contribution >= 0.6 is 0 Å². The molecular weight excluding hydrogens is 486 g/mol. The fraction of sp³-hybridized carbons (Fsp3) is 0.586. The summed E-state index contributed by atoms with van der Waals surface area (Å²) < 4.78 is 11.6. The van der Waals surface area contributed by atoms with Gasteiger partial charge in [0.05, 0.1) is 35.7 Å². The second-order valence-electron chi connectivity index (χ2n) is 11.1. The number of rotatable bonds is 9. The third kappa shape index (κ3) is 5.35. The van der Waals surface area contributed by atoms with Gasteiger partial charge in [-0.25, -0.2) is 0 Å². The number of carboxylic acid groups (broad SMARTS) is 1. The van der Waals surface area contributed by atoms with E-state index in [9.17, 15) is 24.8 Å². The maximum atomic E-state index is 13.6. The third-order valence-electron chi connectivity index (χ3n) is 8.76. The van der Waals surface area contributed by atoms with Gasteiger partial charge in [0, 0.05) is 17.8 Å². The van der Waals surface area contributed by atoms with Crippen molar-refractivity contribution in [3.05, 3.63) is 35.5 Å². The number of allylic oxidation sites excluding steroid dienone is 1. The Bertz CT molecular complexity index is 1160. The van der Waals surface area contributed by atoms with Gasteiger partial charge in [0.2, 0.25) is 5.91 Å². The average Bonchev–Trinajstić information content (AvgIpc) is 3.51. The van der Waals surface area contributed by atoms with Crippen molar-refractivity contribution >= 4 is 17.8 Å². The molecule has 3 N–H and O–H groups in total. The Labute approximate surface area is 223 Å². The Balaban J connectivity index is 1.54. The van der Waals surface area contributed by atoms with E-state index in [1.165, 1.54) is 19.2 Å². The number of carboxylic acids is 1. The van der Waals surface area contributed by atoms with Crippen molar-refractivity contribution in [2.45, 2.75) is 77.4 Å². The highest BCUT2D eigenvalue weighted by Gasteiger charge is 2.51. The Morgan fingerprint density at radius 3 is 2.45 bits per heavy atom. The topological polar surface area (TPSA) is 138 Å². The quantitative estimate of drug-likeness (QED) is 0.442. The van der Waals surface area contributed by atoms with Crippen molar-refractivity contribution in [2.24, 2.45) is 23.2 Å². The molecule has 0 saturated heterocycles. The number of fused-ring (bicyclic) bond motifs is 2. The van der Waals surface area contributed by atoms with Crippen LogP contribution in [-0.2, 0) is 9.59 Å². The van der Waals surface area contributed by atoms with Crippen molar-refractivity contribution in [1.82, 2.24) is 10.6 Å². The summed E-state index contributed by atoms with van der Waals surface area (Å²) in [5, 5.41) is 25.2. The number of nitrogens with one attached hydrogen (secondary N) is 2. The van der Waals surface area contributed by atoms with Crippen LogP contribution in [0.5, 0.6) is 11.5 Å². The number of amides is 2. The zero-order valence-electron chi connectivity index (χ0n) is 22.3. The van der Waals surface area contributed by atoms with Crippen molar-refractivity contribution in [3.63, 3.8) is 0 Å². The van der Waals surface area contributed by atoms with E-state index in [1.54, 1.807) is 6.92 Å². The number of ether oxygens (including phenoxy) is 2. The Morgan fingerprint density at radius 1 is 1.16 bits per heavy atom. The van der Waals surface area contributed by atoms with E-state index in [0.29, 0.717) is 37.8 Å². The van der Waals surface area contributed by atoms with Gasteiger partial charge in [-0.1, -0.05) is 13.5 Å². The van der Waals surface area contributed by atoms with E-state index in [-0.39, 0.29) is 64.3 Å². The molecule has 0 spiro atoms. The summed E-state index contributed by atoms with van der Waals surface area (Å²) in [5.74, 6) is -0.671. The lowest BCUT2D eigenvalue weighted by Gasteiger charge is -2.34. The zero-order chi connectivity index (χ0) is 27.6. The number of nitrogens with zero attached hydrogens (tertiary/aromatic N) is 1. The molecular formula is C29H37N3O6. The average molecular weight is 524 g/mol. The molecule has 4 atom stereocenters. The molecule has 3 saturated carbocycles. The van der Waals surface area contributed by atoms with Crippen LogP contribution in [0.3, 0.4) is 0 Å². The molecule has 2 bridgehead atoms. The van der Waals surface area contributed by atoms with E-state index in [1.807, 2.05) is 6.92 Å². The van der Waals surface area contributed by atoms with E-state index < -0.39 is 11.4 Å². The molecule has 0 unspecified atom stereocenters. The molecule has 4 rings (SSSR count). The molecule has 38 heavy (non-hydrogen) atoms. The van der Waals surface area contributed by atoms with Crippen LogP contribution in [0, 0.1) is 34.5 Å². The highest BCUT2D eigenvalue weighted by molar-refractivity contribution is 5.98. The summed E-state index contributed by atoms with van der Waals surface area (Å²) in [6, 6.07) is 4.82. The number of carbonyl (C=O) groups excluding carboxylic acids is 2. The first-order chi connectivity index (χ1) is 18.1. The van der Waals surface area contributed by atoms with Gasteiger partial charge < -0.3 is 25.2 Å². The SMILES string of the molecule is C=C(CC)NC(=O)[C@H]1[C@@H]2CC[C@@H](C2)[C@H]1NC(=O)c1cc(OC2CCC(C)(C(=O)O)CC2)c(C#N)cc1OC. The predicted molar refractivity (Wildman–Crippen MR) is 139 cm³/mol. The van der Waals surface area contributed by atoms with E-state index in [4.69, 9.17) is 9.47 Å². The van der Waals surface area contributed by atoms with Gasteiger partial charge in [0.25, 0.3) is 5.91 Å². The maximum absolute atomic E-state index is 13.6. The van der Waals surface area contributed by atoms with Crippen LogP contribution in [0.25, 0.3) is 0 Å². The monoisotopic (exact) mass is 523 g/mol. The summed E-state index contributed by atoms with van der Waals surface area (Å²) in [5.41, 5.74) is 0.341. The first-order valence-electron chi connectivity index (χ1n) is 13.4. The van der Waals surface area contributed by atoms with Crippen LogP contribution in [0.2, 0.25) is 0 Å². The number of carbonyl (C=O) groups is 3. The molecule has 2 amide bonds. The third-order valence-corrected chi connectivity index (χ3v) is 8.76. The highest BCUT2D eigenvalue weighted by Crippen LogP contribution is 2.49. The van der Waals surface area contributed by atoms with Crippen molar-refractivity contribution in [3.8, 4) is 17.6 Å². The molecule has 3 aliphatic carbocycles. The molecule has 1 aromatic carbocycles. The predicted octanol–water partition coefficient (Wildman–Crippen LogP) is 4.16. The van der Waals surface area contributed by atoms with Crippen molar-refractivity contribution in [2.75, 3.05) is 7.11 Å². The molecule has 9 nitrogen and oxygen atoms in total. The summed E-state index contributed by atoms with van der Waals surface area (Å²) in [7, 11) is 1.44. The molecule has 1 aromatic rings. The van der Waals surface area contributed by atoms with Gasteiger partial charge in [0.1, 0.15) is 17.6 Å². The fourth-order valence-corrected chi connectivity index (χ4v) is 6.28. The Hall–Kier alpha value is -3.54. The normalized spacial score (nSPS) is 29.7. The van der Waals surface area contributed by atoms with E-state index in [2.05, 4.69) is 23.3 Å². The van der Waals surface area contributed by atoms with Crippen LogP contribution in [-0.4, -0.2) is 42.1 Å². The molecule has 0 heterocycles. The Morgan fingerprint density at radius 2 is 1.84 bits per heavy atom. The van der Waals surface area contributed by atoms with Crippen LogP contribution in [0.15, 0.2) is 24.4 Å². The number of hydrogen-bond donors (Lipinski definition) is 3. The van der Waals surface area contributed by atoms with Crippen molar-refractivity contribution in [1.29, 1.82) is 5.26 Å². The second kappa shape index (κ2) is 11.1. The smallest absolute Gasteiger partial charge is 0.309 e. The minimum absolute atomic E-state index is 0.101. The lowest BCUT2D eigenvalue weighted by molar-refractivity contribution is -0.150. The minimum atomic E-state index is -0.816. The van der Waals surface area contributed by atoms with Gasteiger partial charge in [-0.05, 0) is 76.2 Å². The maximum Gasteiger partial charge on any atom is 0.309 e. The number of benzene rings is 1.